The molecule has 0 radical (unpaired) electrons. The minimum Gasteiger partial charge on any atom is -0.466 e. The fourth-order valence-electron chi connectivity index (χ4n) is 1.30. The zero-order valence-electron chi connectivity index (χ0n) is 8.62. The van der Waals surface area contributed by atoms with E-state index >= 15 is 0 Å². The van der Waals surface area contributed by atoms with Gasteiger partial charge in [0.25, 0.3) is 0 Å². The molecule has 0 bridgehead atoms. The quantitative estimate of drug-likeness (QED) is 0.478. The second-order valence-corrected chi connectivity index (χ2v) is 3.15. The molecule has 0 aromatic carbocycles. The van der Waals surface area contributed by atoms with Gasteiger partial charge < -0.3 is 15.0 Å². The van der Waals surface area contributed by atoms with Gasteiger partial charge in [-0.1, -0.05) is 0 Å². The zero-order valence-corrected chi connectivity index (χ0v) is 8.62. The second-order valence-electron chi connectivity index (χ2n) is 3.15. The van der Waals surface area contributed by atoms with Gasteiger partial charge in [0.05, 0.1) is 13.2 Å². The summed E-state index contributed by atoms with van der Waals surface area (Å²) in [5, 5.41) is 2.60. The van der Waals surface area contributed by atoms with E-state index in [0.29, 0.717) is 13.1 Å². The molecule has 2 amide bonds. The highest BCUT2D eigenvalue weighted by Crippen LogP contribution is 1.99. The van der Waals surface area contributed by atoms with E-state index in [2.05, 4.69) is 10.1 Å². The van der Waals surface area contributed by atoms with Crippen molar-refractivity contribution in [1.29, 1.82) is 0 Å². The van der Waals surface area contributed by atoms with Gasteiger partial charge in [-0.2, -0.15) is 0 Å². The molecule has 0 spiro atoms. The van der Waals surface area contributed by atoms with Crippen LogP contribution in [-0.4, -0.2) is 48.9 Å². The van der Waals surface area contributed by atoms with Crippen LogP contribution in [0.1, 0.15) is 13.3 Å². The van der Waals surface area contributed by atoms with Gasteiger partial charge in [-0.15, -0.1) is 0 Å². The van der Waals surface area contributed by atoms with E-state index in [1.54, 1.807) is 6.92 Å². The maximum atomic E-state index is 11.5. The van der Waals surface area contributed by atoms with Crippen LogP contribution < -0.4 is 5.32 Å². The van der Waals surface area contributed by atoms with Gasteiger partial charge in [0.2, 0.25) is 11.8 Å². The highest BCUT2D eigenvalue weighted by molar-refractivity contribution is 5.96. The van der Waals surface area contributed by atoms with Gasteiger partial charge in [0.15, 0.2) is 0 Å². The smallest absolute Gasteiger partial charge is 0.315 e. The Balaban J connectivity index is 2.39. The lowest BCUT2D eigenvalue weighted by Crippen LogP contribution is -2.50. The minimum absolute atomic E-state index is 0.0260. The van der Waals surface area contributed by atoms with Crippen molar-refractivity contribution in [2.24, 2.45) is 0 Å². The molecule has 1 saturated heterocycles. The Morgan fingerprint density at radius 2 is 2.27 bits per heavy atom. The summed E-state index contributed by atoms with van der Waals surface area (Å²) in [5.74, 6) is -1.10. The SMILES string of the molecule is CCOC(=O)CC(=O)N1CCNC(=O)C1. The Kier molecular flexibility index (Phi) is 4.08. The monoisotopic (exact) mass is 214 g/mol. The Morgan fingerprint density at radius 3 is 2.87 bits per heavy atom. The standard InChI is InChI=1S/C9H14N2O4/c1-2-15-9(14)5-8(13)11-4-3-10-7(12)6-11/h2-6H2,1H3,(H,10,12). The third-order valence-electron chi connectivity index (χ3n) is 1.99. The van der Waals surface area contributed by atoms with Crippen LogP contribution in [0.5, 0.6) is 0 Å². The van der Waals surface area contributed by atoms with Crippen molar-refractivity contribution < 1.29 is 19.1 Å². The van der Waals surface area contributed by atoms with Crippen molar-refractivity contribution in [3.63, 3.8) is 0 Å². The Hall–Kier alpha value is -1.59. The van der Waals surface area contributed by atoms with Crippen molar-refractivity contribution >= 4 is 17.8 Å². The summed E-state index contributed by atoms with van der Waals surface area (Å²) >= 11 is 0. The van der Waals surface area contributed by atoms with Gasteiger partial charge in [0.1, 0.15) is 6.42 Å². The minimum atomic E-state index is -0.548. The summed E-state index contributed by atoms with van der Waals surface area (Å²) in [5.41, 5.74) is 0. The van der Waals surface area contributed by atoms with Gasteiger partial charge in [0, 0.05) is 13.1 Å². The lowest BCUT2D eigenvalue weighted by molar-refractivity contribution is -0.150. The normalized spacial score (nSPS) is 15.8. The predicted molar refractivity (Wildman–Crippen MR) is 50.8 cm³/mol. The van der Waals surface area contributed by atoms with Crippen LogP contribution in [0, 0.1) is 0 Å². The van der Waals surface area contributed by atoms with Gasteiger partial charge >= 0.3 is 5.97 Å². The van der Waals surface area contributed by atoms with E-state index < -0.39 is 5.97 Å². The molecule has 1 N–H and O–H groups in total. The van der Waals surface area contributed by atoms with Crippen LogP contribution in [0.25, 0.3) is 0 Å². The largest absolute Gasteiger partial charge is 0.466 e. The summed E-state index contributed by atoms with van der Waals surface area (Å²) < 4.78 is 4.64. The molecule has 1 fully saturated rings. The Morgan fingerprint density at radius 1 is 1.53 bits per heavy atom. The zero-order chi connectivity index (χ0) is 11.3. The van der Waals surface area contributed by atoms with Crippen LogP contribution in [0.3, 0.4) is 0 Å². The molecule has 0 saturated carbocycles. The van der Waals surface area contributed by atoms with Crippen LogP contribution in [0.4, 0.5) is 0 Å². The molecular formula is C9H14N2O4. The van der Waals surface area contributed by atoms with Crippen molar-refractivity contribution in [2.45, 2.75) is 13.3 Å². The van der Waals surface area contributed by atoms with Crippen molar-refractivity contribution in [3.05, 3.63) is 0 Å². The number of hydrogen-bond donors (Lipinski definition) is 1. The number of rotatable bonds is 3. The van der Waals surface area contributed by atoms with Crippen molar-refractivity contribution in [3.8, 4) is 0 Å². The molecule has 1 heterocycles. The number of nitrogens with zero attached hydrogens (tertiary/aromatic N) is 1. The molecular weight excluding hydrogens is 200 g/mol. The molecule has 1 rings (SSSR count). The molecule has 0 aromatic rings. The highest BCUT2D eigenvalue weighted by Gasteiger charge is 2.23. The van der Waals surface area contributed by atoms with Gasteiger partial charge in [-0.3, -0.25) is 14.4 Å². The number of ether oxygens (including phenoxy) is 1. The van der Waals surface area contributed by atoms with E-state index in [1.807, 2.05) is 0 Å². The number of carbonyl (C=O) groups is 3. The molecule has 1 aliphatic rings. The first-order valence-corrected chi connectivity index (χ1v) is 4.83. The maximum Gasteiger partial charge on any atom is 0.315 e. The van der Waals surface area contributed by atoms with Crippen LogP contribution in [-0.2, 0) is 19.1 Å². The molecule has 15 heavy (non-hydrogen) atoms. The highest BCUT2D eigenvalue weighted by atomic mass is 16.5. The second kappa shape index (κ2) is 5.33. The number of amides is 2. The lowest BCUT2D eigenvalue weighted by atomic mass is 10.3. The molecule has 1 aliphatic heterocycles. The predicted octanol–water partition coefficient (Wildman–Crippen LogP) is -1.10. The summed E-state index contributed by atoms with van der Waals surface area (Å²) in [6.45, 7) is 2.85. The third-order valence-corrected chi connectivity index (χ3v) is 1.99. The third kappa shape index (κ3) is 3.57. The lowest BCUT2D eigenvalue weighted by Gasteiger charge is -2.26. The van der Waals surface area contributed by atoms with Crippen molar-refractivity contribution in [1.82, 2.24) is 10.2 Å². The average Bonchev–Trinajstić information content (AvgIpc) is 2.18. The first kappa shape index (κ1) is 11.5. The summed E-state index contributed by atoms with van der Waals surface area (Å²) in [6.07, 6.45) is -0.291. The average molecular weight is 214 g/mol. The van der Waals surface area contributed by atoms with Gasteiger partial charge in [-0.05, 0) is 6.92 Å². The molecule has 0 atom stereocenters. The molecule has 0 aromatic heterocycles. The van der Waals surface area contributed by atoms with Crippen LogP contribution in [0.2, 0.25) is 0 Å². The number of piperazine rings is 1. The summed E-state index contributed by atoms with van der Waals surface area (Å²) in [6, 6.07) is 0. The summed E-state index contributed by atoms with van der Waals surface area (Å²) in [7, 11) is 0. The maximum absolute atomic E-state index is 11.5. The van der Waals surface area contributed by atoms with Crippen LogP contribution >= 0.6 is 0 Å². The Labute approximate surface area is 87.6 Å². The molecule has 6 heteroatoms. The molecule has 0 aliphatic carbocycles. The van der Waals surface area contributed by atoms with E-state index in [-0.39, 0.29) is 31.4 Å². The number of carbonyl (C=O) groups excluding carboxylic acids is 3. The number of esters is 1. The van der Waals surface area contributed by atoms with E-state index in [0.717, 1.165) is 0 Å². The van der Waals surface area contributed by atoms with Gasteiger partial charge in [-0.25, -0.2) is 0 Å². The van der Waals surface area contributed by atoms with E-state index in [4.69, 9.17) is 0 Å². The molecule has 84 valence electrons. The summed E-state index contributed by atoms with van der Waals surface area (Å²) in [4.78, 5) is 34.8. The fourth-order valence-corrected chi connectivity index (χ4v) is 1.30. The number of hydrogen-bond acceptors (Lipinski definition) is 4. The van der Waals surface area contributed by atoms with Crippen molar-refractivity contribution in [2.75, 3.05) is 26.2 Å². The molecule has 6 nitrogen and oxygen atoms in total. The Bertz CT molecular complexity index is 277. The molecule has 0 unspecified atom stereocenters. The number of nitrogens with one attached hydrogen (secondary N) is 1. The first-order chi connectivity index (χ1) is 7.13. The fraction of sp³-hybridized carbons (Fsp3) is 0.667. The van der Waals surface area contributed by atoms with E-state index in [9.17, 15) is 14.4 Å². The van der Waals surface area contributed by atoms with Crippen LogP contribution in [0.15, 0.2) is 0 Å². The van der Waals surface area contributed by atoms with E-state index in [1.165, 1.54) is 4.90 Å². The first-order valence-electron chi connectivity index (χ1n) is 4.83. The topological polar surface area (TPSA) is 75.7 Å².